The van der Waals surface area contributed by atoms with Crippen molar-refractivity contribution in [2.75, 3.05) is 0 Å². The van der Waals surface area contributed by atoms with Crippen LogP contribution in [0.15, 0.2) is 164 Å². The number of fused-ring (bicyclic) bond motifs is 2. The van der Waals surface area contributed by atoms with Gasteiger partial charge in [-0.1, -0.05) is 118 Å². The summed E-state index contributed by atoms with van der Waals surface area (Å²) in [4.78, 5) is 9.46. The SMILES string of the molecule is Cc1cc(-c2ccccc2)c(-n2c(-c3[c-]sc4ccc(C)cc34)nc3ccccc32)c(-c2ccccc2)c1.[Ir].[c-]1ccccc1-c1ccccn1. The summed E-state index contributed by atoms with van der Waals surface area (Å²) >= 11 is 1.66. The first-order valence-electron chi connectivity index (χ1n) is 16.7. The van der Waals surface area contributed by atoms with Crippen molar-refractivity contribution in [1.82, 2.24) is 14.5 Å². The Morgan fingerprint density at radius 1 is 0.627 bits per heavy atom. The molecular formula is C46H33IrN3S-2. The zero-order valence-corrected chi connectivity index (χ0v) is 31.4. The van der Waals surface area contributed by atoms with Crippen molar-refractivity contribution in [2.24, 2.45) is 0 Å². The fourth-order valence-corrected chi connectivity index (χ4v) is 7.27. The Morgan fingerprint density at radius 3 is 1.96 bits per heavy atom. The zero-order valence-electron chi connectivity index (χ0n) is 28.2. The van der Waals surface area contributed by atoms with Crippen LogP contribution in [0.25, 0.3) is 71.7 Å². The third-order valence-electron chi connectivity index (χ3n) is 8.75. The van der Waals surface area contributed by atoms with Gasteiger partial charge in [0.2, 0.25) is 0 Å². The van der Waals surface area contributed by atoms with E-state index < -0.39 is 0 Å². The number of benzene rings is 6. The van der Waals surface area contributed by atoms with Gasteiger partial charge in [-0.25, -0.2) is 0 Å². The molecule has 3 nitrogen and oxygen atoms in total. The van der Waals surface area contributed by atoms with Crippen molar-refractivity contribution in [1.29, 1.82) is 0 Å². The van der Waals surface area contributed by atoms with Gasteiger partial charge in [0.05, 0.1) is 22.5 Å². The Balaban J connectivity index is 0.000000265. The topological polar surface area (TPSA) is 30.7 Å². The number of hydrogen-bond acceptors (Lipinski definition) is 3. The summed E-state index contributed by atoms with van der Waals surface area (Å²) < 4.78 is 3.58. The monoisotopic (exact) mass is 852 g/mol. The number of nitrogens with zero attached hydrogens (tertiary/aromatic N) is 3. The number of rotatable bonds is 5. The van der Waals surface area contributed by atoms with E-state index in [0.717, 1.165) is 39.4 Å². The van der Waals surface area contributed by atoms with Crippen molar-refractivity contribution in [3.05, 3.63) is 186 Å². The maximum atomic E-state index is 5.24. The predicted octanol–water partition coefficient (Wildman–Crippen LogP) is 12.2. The van der Waals surface area contributed by atoms with Gasteiger partial charge in [0.25, 0.3) is 0 Å². The van der Waals surface area contributed by atoms with E-state index in [1.165, 1.54) is 43.5 Å². The molecule has 0 saturated heterocycles. The number of pyridine rings is 1. The Morgan fingerprint density at radius 2 is 1.29 bits per heavy atom. The van der Waals surface area contributed by atoms with Crippen LogP contribution in [0.2, 0.25) is 0 Å². The Kier molecular flexibility index (Phi) is 10.1. The third-order valence-corrected chi connectivity index (χ3v) is 9.63. The smallest absolute Gasteiger partial charge is 0.0774 e. The molecule has 51 heavy (non-hydrogen) atoms. The maximum Gasteiger partial charge on any atom is 0.0774 e. The van der Waals surface area contributed by atoms with Gasteiger partial charge in [-0.3, -0.25) is 16.3 Å². The van der Waals surface area contributed by atoms with Crippen molar-refractivity contribution < 1.29 is 20.1 Å². The molecule has 6 aromatic carbocycles. The predicted molar refractivity (Wildman–Crippen MR) is 210 cm³/mol. The average molecular weight is 852 g/mol. The van der Waals surface area contributed by atoms with E-state index in [0.29, 0.717) is 0 Å². The summed E-state index contributed by atoms with van der Waals surface area (Å²) in [6.45, 7) is 4.32. The Bertz CT molecular complexity index is 2440. The number of aromatic nitrogens is 3. The number of hydrogen-bond donors (Lipinski definition) is 0. The minimum Gasteiger partial charge on any atom is -0.332 e. The first kappa shape index (κ1) is 34.0. The van der Waals surface area contributed by atoms with Gasteiger partial charge < -0.3 is 9.55 Å². The van der Waals surface area contributed by atoms with Gasteiger partial charge in [0, 0.05) is 37.4 Å². The number of para-hydroxylation sites is 2. The van der Waals surface area contributed by atoms with Gasteiger partial charge in [-0.15, -0.1) is 47.3 Å². The van der Waals surface area contributed by atoms with Gasteiger partial charge in [0.15, 0.2) is 0 Å². The minimum atomic E-state index is 0. The molecule has 0 fully saturated rings. The van der Waals surface area contributed by atoms with Gasteiger partial charge in [0.1, 0.15) is 0 Å². The Labute approximate surface area is 316 Å². The van der Waals surface area contributed by atoms with Crippen LogP contribution in [0.1, 0.15) is 11.1 Å². The van der Waals surface area contributed by atoms with E-state index in [2.05, 4.69) is 150 Å². The molecule has 0 bridgehead atoms. The summed E-state index contributed by atoms with van der Waals surface area (Å²) in [6.07, 6.45) is 1.79. The largest absolute Gasteiger partial charge is 0.332 e. The Hall–Kier alpha value is -5.45. The summed E-state index contributed by atoms with van der Waals surface area (Å²) in [6, 6.07) is 57.9. The minimum absolute atomic E-state index is 0. The van der Waals surface area contributed by atoms with E-state index in [-0.39, 0.29) is 20.1 Å². The molecule has 0 aliphatic rings. The maximum absolute atomic E-state index is 5.24. The van der Waals surface area contributed by atoms with E-state index in [1.807, 2.05) is 42.5 Å². The first-order valence-corrected chi connectivity index (χ1v) is 17.5. The summed E-state index contributed by atoms with van der Waals surface area (Å²) in [5, 5.41) is 4.81. The van der Waals surface area contributed by atoms with Gasteiger partial charge >= 0.3 is 0 Å². The van der Waals surface area contributed by atoms with E-state index in [4.69, 9.17) is 4.98 Å². The summed E-state index contributed by atoms with van der Waals surface area (Å²) in [5.41, 5.74) is 13.4. The van der Waals surface area contributed by atoms with Crippen LogP contribution >= 0.6 is 11.3 Å². The standard InChI is InChI=1S/C35H25N2S.C11H8N.Ir/c1-23-17-18-33-29(19-23)30(22-38-33)35-36-31-15-9-10-16-32(31)37(35)34-27(25-11-5-3-6-12-25)20-24(2)21-28(34)26-13-7-4-8-14-26;1-2-6-10(7-3-1)11-8-4-5-9-12-11;/h3-21H,1-2H3;1-6,8-9H;/q2*-1;. The molecule has 9 rings (SSSR count). The van der Waals surface area contributed by atoms with Crippen LogP contribution in [0, 0.1) is 25.3 Å². The quantitative estimate of drug-likeness (QED) is 0.162. The first-order chi connectivity index (χ1) is 24.6. The van der Waals surface area contributed by atoms with Crippen LogP contribution in [-0.4, -0.2) is 14.5 Å². The van der Waals surface area contributed by atoms with E-state index in [1.54, 1.807) is 17.5 Å². The molecule has 5 heteroatoms. The van der Waals surface area contributed by atoms with Gasteiger partial charge in [-0.2, -0.15) is 0 Å². The molecule has 0 spiro atoms. The van der Waals surface area contributed by atoms with Crippen molar-refractivity contribution in [3.63, 3.8) is 0 Å². The van der Waals surface area contributed by atoms with E-state index in [9.17, 15) is 0 Å². The molecule has 249 valence electrons. The second kappa shape index (κ2) is 15.2. The average Bonchev–Trinajstić information content (AvgIpc) is 3.77. The van der Waals surface area contributed by atoms with Crippen LogP contribution < -0.4 is 0 Å². The summed E-state index contributed by atoms with van der Waals surface area (Å²) in [5.74, 6) is 0.918. The van der Waals surface area contributed by atoms with Crippen LogP contribution in [0.4, 0.5) is 0 Å². The molecule has 0 saturated carbocycles. The molecule has 0 amide bonds. The molecule has 3 aromatic heterocycles. The van der Waals surface area contributed by atoms with Crippen LogP contribution in [0.5, 0.6) is 0 Å². The molecule has 0 atom stereocenters. The second-order valence-electron chi connectivity index (χ2n) is 12.3. The van der Waals surface area contributed by atoms with Crippen molar-refractivity contribution in [2.45, 2.75) is 13.8 Å². The summed E-state index contributed by atoms with van der Waals surface area (Å²) in [7, 11) is 0. The van der Waals surface area contributed by atoms with Crippen LogP contribution in [-0.2, 0) is 20.1 Å². The van der Waals surface area contributed by atoms with E-state index >= 15 is 0 Å². The number of imidazole rings is 1. The van der Waals surface area contributed by atoms with Crippen LogP contribution in [0.3, 0.4) is 0 Å². The van der Waals surface area contributed by atoms with Crippen molar-refractivity contribution >= 4 is 32.5 Å². The molecule has 3 heterocycles. The molecule has 9 aromatic rings. The van der Waals surface area contributed by atoms with Crippen molar-refractivity contribution in [3.8, 4) is 50.6 Å². The molecular weight excluding hydrogens is 819 g/mol. The second-order valence-corrected chi connectivity index (χ2v) is 13.1. The molecule has 0 unspecified atom stereocenters. The third kappa shape index (κ3) is 6.97. The fraction of sp³-hybridized carbons (Fsp3) is 0.0435. The zero-order chi connectivity index (χ0) is 33.9. The normalized spacial score (nSPS) is 10.8. The molecule has 1 radical (unpaired) electrons. The number of thiophene rings is 1. The fourth-order valence-electron chi connectivity index (χ4n) is 6.45. The molecule has 0 aliphatic heterocycles. The molecule has 0 N–H and O–H groups in total. The number of aryl methyl sites for hydroxylation is 2. The molecule has 0 aliphatic carbocycles. The van der Waals surface area contributed by atoms with Gasteiger partial charge in [-0.05, 0) is 66.6 Å².